The summed E-state index contributed by atoms with van der Waals surface area (Å²) in [5, 5.41) is 0. The van der Waals surface area contributed by atoms with Crippen LogP contribution in [-0.2, 0) is 16.8 Å². The summed E-state index contributed by atoms with van der Waals surface area (Å²) in [6.45, 7) is 12.1. The van der Waals surface area contributed by atoms with Crippen LogP contribution in [0, 0.1) is 6.92 Å². The molecular formula is C36H50O3. The number of hydrogen-bond acceptors (Lipinski definition) is 3. The van der Waals surface area contributed by atoms with Gasteiger partial charge in [0.2, 0.25) is 0 Å². The summed E-state index contributed by atoms with van der Waals surface area (Å²) < 4.78 is 17.7. The Hall–Kier alpha value is -2.78. The van der Waals surface area contributed by atoms with Gasteiger partial charge in [-0.1, -0.05) is 113 Å². The first kappa shape index (κ1) is 30.8. The molecule has 0 aliphatic rings. The van der Waals surface area contributed by atoms with Gasteiger partial charge < -0.3 is 14.2 Å². The molecule has 0 bridgehead atoms. The molecule has 0 aliphatic heterocycles. The van der Waals surface area contributed by atoms with E-state index in [1.165, 1.54) is 73.6 Å². The Balaban J connectivity index is 1.33. The summed E-state index contributed by atoms with van der Waals surface area (Å²) in [5.74, 6) is 1.85. The molecule has 212 valence electrons. The van der Waals surface area contributed by atoms with Crippen molar-refractivity contribution in [3.8, 4) is 11.5 Å². The quantitative estimate of drug-likeness (QED) is 0.144. The van der Waals surface area contributed by atoms with Crippen molar-refractivity contribution in [1.29, 1.82) is 0 Å². The number of benzene rings is 3. The minimum atomic E-state index is -0.103. The van der Waals surface area contributed by atoms with E-state index < -0.39 is 0 Å². The molecule has 3 nitrogen and oxygen atoms in total. The van der Waals surface area contributed by atoms with Crippen molar-refractivity contribution in [2.45, 2.75) is 97.5 Å². The van der Waals surface area contributed by atoms with Gasteiger partial charge in [-0.2, -0.15) is 0 Å². The van der Waals surface area contributed by atoms with Crippen LogP contribution in [0.15, 0.2) is 72.8 Å². The molecule has 0 heterocycles. The predicted molar refractivity (Wildman–Crippen MR) is 164 cm³/mol. The molecule has 0 atom stereocenters. The highest BCUT2D eigenvalue weighted by Gasteiger charge is 2.23. The zero-order valence-electron chi connectivity index (χ0n) is 24.8. The summed E-state index contributed by atoms with van der Waals surface area (Å²) in [5.41, 5.74) is 4.88. The van der Waals surface area contributed by atoms with Gasteiger partial charge in [-0.15, -0.1) is 0 Å². The Morgan fingerprint density at radius 3 is 1.72 bits per heavy atom. The molecule has 0 N–H and O–H groups in total. The second kappa shape index (κ2) is 17.0. The molecule has 0 aromatic heterocycles. The Labute approximate surface area is 237 Å². The smallest absolute Gasteiger partial charge is 0.119 e. The van der Waals surface area contributed by atoms with Crippen LogP contribution in [0.3, 0.4) is 0 Å². The van der Waals surface area contributed by atoms with Gasteiger partial charge in [-0.3, -0.25) is 0 Å². The van der Waals surface area contributed by atoms with E-state index in [4.69, 9.17) is 14.2 Å². The molecule has 39 heavy (non-hydrogen) atoms. The van der Waals surface area contributed by atoms with Gasteiger partial charge in [0.15, 0.2) is 0 Å². The molecule has 3 aromatic rings. The van der Waals surface area contributed by atoms with Gasteiger partial charge in [0.05, 0.1) is 6.61 Å². The van der Waals surface area contributed by atoms with Gasteiger partial charge >= 0.3 is 0 Å². The van der Waals surface area contributed by atoms with Crippen LogP contribution in [0.2, 0.25) is 0 Å². The fourth-order valence-electron chi connectivity index (χ4n) is 4.83. The van der Waals surface area contributed by atoms with Crippen molar-refractivity contribution in [2.75, 3.05) is 19.8 Å². The van der Waals surface area contributed by atoms with Crippen LogP contribution in [0.1, 0.15) is 101 Å². The Morgan fingerprint density at radius 1 is 0.590 bits per heavy atom. The van der Waals surface area contributed by atoms with Gasteiger partial charge in [0, 0.05) is 18.6 Å². The van der Waals surface area contributed by atoms with Crippen LogP contribution >= 0.6 is 0 Å². The monoisotopic (exact) mass is 530 g/mol. The highest BCUT2D eigenvalue weighted by atomic mass is 16.5. The lowest BCUT2D eigenvalue weighted by Crippen LogP contribution is -2.18. The van der Waals surface area contributed by atoms with E-state index in [0.29, 0.717) is 6.61 Å². The number of hydrogen-bond donors (Lipinski definition) is 0. The number of rotatable bonds is 19. The van der Waals surface area contributed by atoms with Crippen molar-refractivity contribution in [3.05, 3.63) is 95.1 Å². The molecule has 0 radical (unpaired) electrons. The van der Waals surface area contributed by atoms with Gasteiger partial charge in [-0.25, -0.2) is 0 Å². The van der Waals surface area contributed by atoms with Gasteiger partial charge in [-0.05, 0) is 67.1 Å². The average molecular weight is 531 g/mol. The number of aryl methyl sites for hydroxylation is 1. The first-order valence-corrected chi connectivity index (χ1v) is 15.1. The summed E-state index contributed by atoms with van der Waals surface area (Å²) in [7, 11) is 0. The largest absolute Gasteiger partial charge is 0.494 e. The molecule has 3 rings (SSSR count). The molecule has 0 aliphatic carbocycles. The second-order valence-electron chi connectivity index (χ2n) is 11.2. The van der Waals surface area contributed by atoms with Crippen molar-refractivity contribution >= 4 is 0 Å². The highest BCUT2D eigenvalue weighted by molar-refractivity contribution is 5.42. The second-order valence-corrected chi connectivity index (χ2v) is 11.2. The van der Waals surface area contributed by atoms with E-state index >= 15 is 0 Å². The average Bonchev–Trinajstić information content (AvgIpc) is 2.95. The Kier molecular flexibility index (Phi) is 13.4. The number of ether oxygens (including phenoxy) is 3. The molecule has 0 spiro atoms. The minimum Gasteiger partial charge on any atom is -0.494 e. The minimum absolute atomic E-state index is 0.103. The third-order valence-electron chi connectivity index (χ3n) is 7.48. The first-order chi connectivity index (χ1) is 19.0. The molecule has 0 fully saturated rings. The van der Waals surface area contributed by atoms with E-state index in [1.54, 1.807) is 0 Å². The summed E-state index contributed by atoms with van der Waals surface area (Å²) in [4.78, 5) is 0. The van der Waals surface area contributed by atoms with Crippen molar-refractivity contribution in [1.82, 2.24) is 0 Å². The molecule has 3 heteroatoms. The third kappa shape index (κ3) is 11.1. The fourth-order valence-corrected chi connectivity index (χ4v) is 4.83. The van der Waals surface area contributed by atoms with Crippen LogP contribution in [0.4, 0.5) is 0 Å². The van der Waals surface area contributed by atoms with Crippen LogP contribution in [0.5, 0.6) is 11.5 Å². The van der Waals surface area contributed by atoms with Crippen molar-refractivity contribution in [3.63, 3.8) is 0 Å². The lowest BCUT2D eigenvalue weighted by molar-refractivity contribution is 0.126. The predicted octanol–water partition coefficient (Wildman–Crippen LogP) is 9.83. The molecule has 3 aromatic carbocycles. The Bertz CT molecular complexity index is 1050. The summed E-state index contributed by atoms with van der Waals surface area (Å²) in [6.07, 6.45) is 11.1. The lowest BCUT2D eigenvalue weighted by atomic mass is 9.78. The van der Waals surface area contributed by atoms with Crippen LogP contribution in [0.25, 0.3) is 0 Å². The molecule has 0 saturated carbocycles. The van der Waals surface area contributed by atoms with Gasteiger partial charge in [0.25, 0.3) is 0 Å². The first-order valence-electron chi connectivity index (χ1n) is 15.1. The highest BCUT2D eigenvalue weighted by Crippen LogP contribution is 2.33. The maximum Gasteiger partial charge on any atom is 0.119 e. The standard InChI is InChI=1S/C36H50O3/c1-5-6-11-25-37-26-12-9-7-8-10-13-27-38-34-21-17-32(18-22-34)36(3,4)33-19-23-35(24-20-33)39-29-31-16-14-15-30(2)28-31/h14-24,28H,5-13,25-27,29H2,1-4H3. The zero-order chi connectivity index (χ0) is 27.8. The summed E-state index contributed by atoms with van der Waals surface area (Å²) in [6, 6.07) is 25.6. The Morgan fingerprint density at radius 2 is 1.13 bits per heavy atom. The molecule has 0 amide bonds. The molecule has 0 saturated heterocycles. The van der Waals surface area contributed by atoms with E-state index in [1.807, 2.05) is 0 Å². The molecular weight excluding hydrogens is 480 g/mol. The van der Waals surface area contributed by atoms with Crippen LogP contribution in [-0.4, -0.2) is 19.8 Å². The van der Waals surface area contributed by atoms with Crippen molar-refractivity contribution in [2.24, 2.45) is 0 Å². The fraction of sp³-hybridized carbons (Fsp3) is 0.500. The van der Waals surface area contributed by atoms with E-state index in [0.717, 1.165) is 37.7 Å². The topological polar surface area (TPSA) is 27.7 Å². The van der Waals surface area contributed by atoms with E-state index in [-0.39, 0.29) is 5.41 Å². The van der Waals surface area contributed by atoms with Crippen LogP contribution < -0.4 is 9.47 Å². The third-order valence-corrected chi connectivity index (χ3v) is 7.48. The van der Waals surface area contributed by atoms with Crippen molar-refractivity contribution < 1.29 is 14.2 Å². The molecule has 0 unspecified atom stereocenters. The lowest BCUT2D eigenvalue weighted by Gasteiger charge is -2.26. The van der Waals surface area contributed by atoms with E-state index in [2.05, 4.69) is 100 Å². The van der Waals surface area contributed by atoms with Gasteiger partial charge in [0.1, 0.15) is 18.1 Å². The number of unbranched alkanes of at least 4 members (excludes halogenated alkanes) is 7. The zero-order valence-corrected chi connectivity index (χ0v) is 24.8. The maximum absolute atomic E-state index is 6.02. The summed E-state index contributed by atoms with van der Waals surface area (Å²) >= 11 is 0. The normalized spacial score (nSPS) is 11.5. The van der Waals surface area contributed by atoms with E-state index in [9.17, 15) is 0 Å². The SMILES string of the molecule is CCCCCOCCCCCCCCOc1ccc(C(C)(C)c2ccc(OCc3cccc(C)c3)cc2)cc1. The maximum atomic E-state index is 6.02.